The van der Waals surface area contributed by atoms with Crippen molar-refractivity contribution in [3.8, 4) is 0 Å². The van der Waals surface area contributed by atoms with Crippen molar-refractivity contribution in [1.29, 1.82) is 0 Å². The highest BCUT2D eigenvalue weighted by molar-refractivity contribution is 5.95. The highest BCUT2D eigenvalue weighted by Gasteiger charge is 2.38. The standard InChI is InChI=1S/C21H29N3O3/c1-15(2)24-14-17(13-19(24)25)20(26)22-9-6-10-23(12-11-22)21(27)18-8-5-4-7-16(18)3/h4-5,7-8,15,17H,6,9-14H2,1-3H3. The van der Waals surface area contributed by atoms with Crippen LogP contribution in [0.2, 0.25) is 0 Å². The zero-order valence-corrected chi connectivity index (χ0v) is 16.5. The fourth-order valence-corrected chi connectivity index (χ4v) is 3.98. The molecule has 146 valence electrons. The SMILES string of the molecule is Cc1ccccc1C(=O)N1CCCN(C(=O)C2CC(=O)N(C(C)C)C2)CC1. The number of aryl methyl sites for hydroxylation is 1. The van der Waals surface area contributed by atoms with Gasteiger partial charge >= 0.3 is 0 Å². The quantitative estimate of drug-likeness (QED) is 0.816. The number of carbonyl (C=O) groups is 3. The van der Waals surface area contributed by atoms with Gasteiger partial charge in [0, 0.05) is 50.7 Å². The number of likely N-dealkylation sites (tertiary alicyclic amines) is 1. The van der Waals surface area contributed by atoms with Gasteiger partial charge in [-0.15, -0.1) is 0 Å². The minimum Gasteiger partial charge on any atom is -0.341 e. The average molecular weight is 371 g/mol. The normalized spacial score (nSPS) is 21.0. The van der Waals surface area contributed by atoms with Gasteiger partial charge in [-0.2, -0.15) is 0 Å². The molecule has 3 rings (SSSR count). The molecule has 0 aromatic heterocycles. The average Bonchev–Trinajstić information content (AvgIpc) is 2.88. The van der Waals surface area contributed by atoms with E-state index in [1.165, 1.54) is 0 Å². The van der Waals surface area contributed by atoms with Gasteiger partial charge in [0.2, 0.25) is 11.8 Å². The van der Waals surface area contributed by atoms with Crippen molar-refractivity contribution >= 4 is 17.7 Å². The zero-order valence-electron chi connectivity index (χ0n) is 16.5. The molecule has 0 aliphatic carbocycles. The van der Waals surface area contributed by atoms with Crippen LogP contribution in [0.25, 0.3) is 0 Å². The largest absolute Gasteiger partial charge is 0.341 e. The smallest absolute Gasteiger partial charge is 0.254 e. The third kappa shape index (κ3) is 4.15. The van der Waals surface area contributed by atoms with Gasteiger partial charge in [-0.05, 0) is 38.8 Å². The van der Waals surface area contributed by atoms with Crippen LogP contribution in [-0.2, 0) is 9.59 Å². The molecule has 2 fully saturated rings. The van der Waals surface area contributed by atoms with Crippen LogP contribution in [0.15, 0.2) is 24.3 Å². The molecule has 2 aliphatic rings. The molecule has 27 heavy (non-hydrogen) atoms. The van der Waals surface area contributed by atoms with Crippen molar-refractivity contribution in [2.24, 2.45) is 5.92 Å². The van der Waals surface area contributed by atoms with Crippen LogP contribution in [0.1, 0.15) is 42.6 Å². The summed E-state index contributed by atoms with van der Waals surface area (Å²) in [4.78, 5) is 43.3. The number of nitrogens with zero attached hydrogens (tertiary/aromatic N) is 3. The van der Waals surface area contributed by atoms with Gasteiger partial charge in [-0.1, -0.05) is 18.2 Å². The molecule has 0 spiro atoms. The van der Waals surface area contributed by atoms with E-state index in [0.29, 0.717) is 39.1 Å². The van der Waals surface area contributed by atoms with Gasteiger partial charge in [0.1, 0.15) is 0 Å². The van der Waals surface area contributed by atoms with Crippen LogP contribution in [0.3, 0.4) is 0 Å². The van der Waals surface area contributed by atoms with Crippen molar-refractivity contribution in [2.75, 3.05) is 32.7 Å². The molecule has 0 saturated carbocycles. The molecule has 1 aromatic rings. The predicted octanol–water partition coefficient (Wildman–Crippen LogP) is 1.93. The van der Waals surface area contributed by atoms with Crippen molar-refractivity contribution in [1.82, 2.24) is 14.7 Å². The Kier molecular flexibility index (Phi) is 5.82. The fraction of sp³-hybridized carbons (Fsp3) is 0.571. The molecule has 0 bridgehead atoms. The minimum atomic E-state index is -0.251. The Morgan fingerprint density at radius 2 is 1.70 bits per heavy atom. The van der Waals surface area contributed by atoms with Crippen LogP contribution in [0.5, 0.6) is 0 Å². The summed E-state index contributed by atoms with van der Waals surface area (Å²) in [5.41, 5.74) is 1.70. The second-order valence-electron chi connectivity index (χ2n) is 7.83. The van der Waals surface area contributed by atoms with E-state index in [0.717, 1.165) is 17.5 Å². The Morgan fingerprint density at radius 1 is 1.04 bits per heavy atom. The van der Waals surface area contributed by atoms with Gasteiger partial charge in [0.05, 0.1) is 5.92 Å². The molecule has 6 heteroatoms. The highest BCUT2D eigenvalue weighted by atomic mass is 16.2. The molecular formula is C21H29N3O3. The first-order valence-corrected chi connectivity index (χ1v) is 9.81. The number of carbonyl (C=O) groups excluding carboxylic acids is 3. The maximum absolute atomic E-state index is 12.9. The first-order valence-electron chi connectivity index (χ1n) is 9.81. The Labute approximate surface area is 161 Å². The maximum Gasteiger partial charge on any atom is 0.254 e. The Hall–Kier alpha value is -2.37. The lowest BCUT2D eigenvalue weighted by Gasteiger charge is -2.25. The van der Waals surface area contributed by atoms with Crippen molar-refractivity contribution < 1.29 is 14.4 Å². The fourth-order valence-electron chi connectivity index (χ4n) is 3.98. The summed E-state index contributed by atoms with van der Waals surface area (Å²) in [7, 11) is 0. The van der Waals surface area contributed by atoms with E-state index in [4.69, 9.17) is 0 Å². The number of amides is 3. The summed E-state index contributed by atoms with van der Waals surface area (Å²) in [6.45, 7) is 8.77. The van der Waals surface area contributed by atoms with Gasteiger partial charge in [0.15, 0.2) is 0 Å². The minimum absolute atomic E-state index is 0.0319. The molecule has 1 atom stereocenters. The van der Waals surface area contributed by atoms with Crippen LogP contribution in [-0.4, -0.2) is 71.2 Å². The lowest BCUT2D eigenvalue weighted by Crippen LogP contribution is -2.41. The Morgan fingerprint density at radius 3 is 2.37 bits per heavy atom. The summed E-state index contributed by atoms with van der Waals surface area (Å²) < 4.78 is 0. The van der Waals surface area contributed by atoms with Crippen LogP contribution < -0.4 is 0 Å². The molecular weight excluding hydrogens is 342 g/mol. The number of hydrogen-bond acceptors (Lipinski definition) is 3. The topological polar surface area (TPSA) is 60.9 Å². The summed E-state index contributed by atoms with van der Waals surface area (Å²) >= 11 is 0. The number of rotatable bonds is 3. The molecule has 1 aromatic carbocycles. The van der Waals surface area contributed by atoms with E-state index in [1.807, 2.05) is 54.8 Å². The number of benzene rings is 1. The summed E-state index contributed by atoms with van der Waals surface area (Å²) in [6, 6.07) is 7.74. The van der Waals surface area contributed by atoms with Crippen LogP contribution in [0, 0.1) is 12.8 Å². The second kappa shape index (κ2) is 8.11. The molecule has 0 N–H and O–H groups in total. The van der Waals surface area contributed by atoms with Crippen molar-refractivity contribution in [2.45, 2.75) is 39.7 Å². The summed E-state index contributed by atoms with van der Waals surface area (Å²) in [6.07, 6.45) is 1.07. The lowest BCUT2D eigenvalue weighted by atomic mass is 10.1. The third-order valence-corrected chi connectivity index (χ3v) is 5.60. The van der Waals surface area contributed by atoms with Gasteiger partial charge in [-0.25, -0.2) is 0 Å². The second-order valence-corrected chi connectivity index (χ2v) is 7.83. The van der Waals surface area contributed by atoms with Crippen molar-refractivity contribution in [3.63, 3.8) is 0 Å². The van der Waals surface area contributed by atoms with E-state index in [2.05, 4.69) is 0 Å². The zero-order chi connectivity index (χ0) is 19.6. The summed E-state index contributed by atoms with van der Waals surface area (Å²) in [5, 5.41) is 0. The molecule has 2 saturated heterocycles. The monoisotopic (exact) mass is 371 g/mol. The maximum atomic E-state index is 12.9. The number of hydrogen-bond donors (Lipinski definition) is 0. The Bertz CT molecular complexity index is 731. The van der Waals surface area contributed by atoms with Crippen molar-refractivity contribution in [3.05, 3.63) is 35.4 Å². The molecule has 2 aliphatic heterocycles. The van der Waals surface area contributed by atoms with E-state index >= 15 is 0 Å². The van der Waals surface area contributed by atoms with E-state index in [9.17, 15) is 14.4 Å². The Balaban J connectivity index is 1.62. The van der Waals surface area contributed by atoms with Crippen LogP contribution in [0.4, 0.5) is 0 Å². The van der Waals surface area contributed by atoms with Gasteiger partial charge < -0.3 is 14.7 Å². The highest BCUT2D eigenvalue weighted by Crippen LogP contribution is 2.23. The third-order valence-electron chi connectivity index (χ3n) is 5.60. The van der Waals surface area contributed by atoms with Gasteiger partial charge in [-0.3, -0.25) is 14.4 Å². The predicted molar refractivity (Wildman–Crippen MR) is 103 cm³/mol. The molecule has 2 heterocycles. The van der Waals surface area contributed by atoms with E-state index in [1.54, 1.807) is 4.90 Å². The first kappa shape index (κ1) is 19.4. The molecule has 3 amide bonds. The van der Waals surface area contributed by atoms with E-state index < -0.39 is 0 Å². The van der Waals surface area contributed by atoms with Crippen LogP contribution >= 0.6 is 0 Å². The molecule has 0 radical (unpaired) electrons. The van der Waals surface area contributed by atoms with E-state index in [-0.39, 0.29) is 29.7 Å². The summed E-state index contributed by atoms with van der Waals surface area (Å²) in [5.74, 6) is -0.103. The molecule has 6 nitrogen and oxygen atoms in total. The molecule has 1 unspecified atom stereocenters. The van der Waals surface area contributed by atoms with Gasteiger partial charge in [0.25, 0.3) is 5.91 Å². The first-order chi connectivity index (χ1) is 12.9. The lowest BCUT2D eigenvalue weighted by molar-refractivity contribution is -0.135.